The molecule has 1 aromatic carbocycles. The van der Waals surface area contributed by atoms with Crippen molar-refractivity contribution >= 4 is 16.8 Å². The first-order valence-corrected chi connectivity index (χ1v) is 6.98. The summed E-state index contributed by atoms with van der Waals surface area (Å²) in [6.45, 7) is 2.40. The Kier molecular flexibility index (Phi) is 3.28. The summed E-state index contributed by atoms with van der Waals surface area (Å²) in [6.07, 6.45) is 3.83. The number of fused-ring (bicyclic) bond motifs is 3. The van der Waals surface area contributed by atoms with Crippen LogP contribution in [0.25, 0.3) is 11.0 Å². The van der Waals surface area contributed by atoms with E-state index in [0.29, 0.717) is 17.6 Å². The van der Waals surface area contributed by atoms with Gasteiger partial charge in [-0.05, 0) is 38.3 Å². The smallest absolute Gasteiger partial charge is 0.257 e. The molecule has 0 saturated heterocycles. The molecule has 1 aliphatic heterocycles. The summed E-state index contributed by atoms with van der Waals surface area (Å²) in [5.74, 6) is -0.707. The van der Waals surface area contributed by atoms with Gasteiger partial charge in [0, 0.05) is 6.42 Å². The molecule has 1 aromatic heterocycles. The van der Waals surface area contributed by atoms with E-state index >= 15 is 0 Å². The van der Waals surface area contributed by atoms with Gasteiger partial charge in [0.1, 0.15) is 6.54 Å². The van der Waals surface area contributed by atoms with E-state index in [9.17, 15) is 13.6 Å². The van der Waals surface area contributed by atoms with Crippen LogP contribution in [-0.4, -0.2) is 10.4 Å². The van der Waals surface area contributed by atoms with Crippen LogP contribution in [0.5, 0.6) is 0 Å². The lowest BCUT2D eigenvalue weighted by Crippen LogP contribution is -2.38. The van der Waals surface area contributed by atoms with Crippen molar-refractivity contribution in [1.29, 1.82) is 0 Å². The third-order valence-electron chi connectivity index (χ3n) is 3.89. The highest BCUT2D eigenvalue weighted by Gasteiger charge is 2.30. The number of halogens is 2. The van der Waals surface area contributed by atoms with E-state index < -0.39 is 11.6 Å². The number of carbonyl (C=O) groups is 1. The van der Waals surface area contributed by atoms with Crippen molar-refractivity contribution in [2.75, 3.05) is 0 Å². The van der Waals surface area contributed by atoms with Crippen molar-refractivity contribution < 1.29 is 18.1 Å². The second-order valence-electron chi connectivity index (χ2n) is 5.40. The molecule has 0 unspecified atom stereocenters. The Bertz CT molecular complexity index is 691. The molecule has 2 heterocycles. The maximum Gasteiger partial charge on any atom is 0.257 e. The molecule has 0 aliphatic carbocycles. The van der Waals surface area contributed by atoms with E-state index in [4.69, 9.17) is 0 Å². The molecule has 0 spiro atoms. The Hall–Kier alpha value is -1.78. The van der Waals surface area contributed by atoms with Crippen LogP contribution in [0, 0.1) is 11.6 Å². The van der Waals surface area contributed by atoms with Crippen molar-refractivity contribution in [1.82, 2.24) is 4.57 Å². The molecule has 3 rings (SSSR count). The van der Waals surface area contributed by atoms with Gasteiger partial charge in [-0.25, -0.2) is 13.5 Å². The Morgan fingerprint density at radius 2 is 2.10 bits per heavy atom. The first kappa shape index (κ1) is 13.2. The highest BCUT2D eigenvalue weighted by Crippen LogP contribution is 2.23. The summed E-state index contributed by atoms with van der Waals surface area (Å²) in [5.41, 5.74) is 0.902. The second-order valence-corrected chi connectivity index (χ2v) is 5.40. The van der Waals surface area contributed by atoms with Gasteiger partial charge < -0.3 is 0 Å². The topological polar surface area (TPSA) is 25.9 Å². The molecule has 0 radical (unpaired) electrons. The number of benzene rings is 1. The molecule has 2 aromatic rings. The summed E-state index contributed by atoms with van der Waals surface area (Å²) in [7, 11) is 0. The van der Waals surface area contributed by atoms with Gasteiger partial charge in [0.2, 0.25) is 11.3 Å². The summed E-state index contributed by atoms with van der Waals surface area (Å²) in [6, 6.07) is 2.70. The average molecular weight is 279 g/mol. The molecule has 5 heteroatoms. The van der Waals surface area contributed by atoms with Crippen molar-refractivity contribution in [3.05, 3.63) is 29.6 Å². The molecule has 3 nitrogen and oxygen atoms in total. The average Bonchev–Trinajstić information content (AvgIpc) is 2.57. The molecule has 0 bridgehead atoms. The summed E-state index contributed by atoms with van der Waals surface area (Å²) >= 11 is 0. The van der Waals surface area contributed by atoms with Gasteiger partial charge in [0.25, 0.3) is 5.82 Å². The molecule has 0 atom stereocenters. The number of rotatable bonds is 2. The zero-order valence-corrected chi connectivity index (χ0v) is 11.5. The fraction of sp³-hybridized carbons (Fsp3) is 0.467. The third-order valence-corrected chi connectivity index (χ3v) is 3.89. The predicted octanol–water partition coefficient (Wildman–Crippen LogP) is 2.52. The van der Waals surface area contributed by atoms with Crippen LogP contribution in [-0.2, 0) is 24.3 Å². The van der Waals surface area contributed by atoms with Gasteiger partial charge in [-0.1, -0.05) is 0 Å². The van der Waals surface area contributed by atoms with Crippen LogP contribution in [0.2, 0.25) is 0 Å². The maximum absolute atomic E-state index is 14.2. The number of imidazole rings is 1. The zero-order chi connectivity index (χ0) is 14.3. The molecule has 0 amide bonds. The first-order valence-electron chi connectivity index (χ1n) is 6.98. The monoisotopic (exact) mass is 279 g/mol. The number of ketones is 1. The van der Waals surface area contributed by atoms with E-state index in [1.165, 1.54) is 6.92 Å². The lowest BCUT2D eigenvalue weighted by Gasteiger charge is -1.99. The molecule has 20 heavy (non-hydrogen) atoms. The van der Waals surface area contributed by atoms with Gasteiger partial charge in [0.15, 0.2) is 17.1 Å². The van der Waals surface area contributed by atoms with Crippen molar-refractivity contribution in [2.45, 2.75) is 45.7 Å². The second kappa shape index (κ2) is 4.96. The minimum Gasteiger partial charge on any atom is -0.296 e. The van der Waals surface area contributed by atoms with Gasteiger partial charge in [-0.15, -0.1) is 0 Å². The minimum absolute atomic E-state index is 0.0132. The number of aromatic nitrogens is 2. The van der Waals surface area contributed by atoms with Gasteiger partial charge in [-0.3, -0.25) is 4.79 Å². The van der Waals surface area contributed by atoms with Crippen molar-refractivity contribution in [3.8, 4) is 0 Å². The number of hydrogen-bond acceptors (Lipinski definition) is 1. The van der Waals surface area contributed by atoms with Crippen LogP contribution >= 0.6 is 0 Å². The summed E-state index contributed by atoms with van der Waals surface area (Å²) < 4.78 is 31.4. The largest absolute Gasteiger partial charge is 0.296 e. The maximum atomic E-state index is 14.2. The first-order chi connectivity index (χ1) is 9.59. The number of hydrogen-bond donors (Lipinski definition) is 0. The number of carbonyl (C=O) groups excluding carboxylic acids is 1. The predicted molar refractivity (Wildman–Crippen MR) is 70.3 cm³/mol. The Balaban J connectivity index is 2.33. The fourth-order valence-electron chi connectivity index (χ4n) is 3.06. The van der Waals surface area contributed by atoms with Crippen molar-refractivity contribution in [3.63, 3.8) is 0 Å². The quantitative estimate of drug-likeness (QED) is 0.776. The lowest BCUT2D eigenvalue weighted by atomic mass is 10.2. The Morgan fingerprint density at radius 3 is 2.85 bits per heavy atom. The Morgan fingerprint density at radius 1 is 1.30 bits per heavy atom. The Labute approximate surface area is 115 Å². The van der Waals surface area contributed by atoms with Gasteiger partial charge in [0.05, 0.1) is 6.54 Å². The minimum atomic E-state index is -0.836. The van der Waals surface area contributed by atoms with E-state index in [1.54, 1.807) is 6.07 Å². The van der Waals surface area contributed by atoms with Crippen LogP contribution in [0.1, 0.15) is 32.0 Å². The molecular weight excluding hydrogens is 262 g/mol. The molecule has 1 aliphatic rings. The van der Waals surface area contributed by atoms with E-state index in [0.717, 1.165) is 37.6 Å². The SMILES string of the molecule is CC(=O)Cn1c2[n+](c3c(F)c(F)ccc31)CCCCC2. The molecular formula is C15H17F2N2O+. The highest BCUT2D eigenvalue weighted by atomic mass is 19.2. The van der Waals surface area contributed by atoms with E-state index in [2.05, 4.69) is 0 Å². The highest BCUT2D eigenvalue weighted by molar-refractivity contribution is 5.79. The van der Waals surface area contributed by atoms with Crippen molar-refractivity contribution in [2.24, 2.45) is 0 Å². The number of aryl methyl sites for hydroxylation is 1. The van der Waals surface area contributed by atoms with Crippen LogP contribution < -0.4 is 4.57 Å². The molecule has 106 valence electrons. The number of nitrogens with zero attached hydrogens (tertiary/aromatic N) is 2. The fourth-order valence-corrected chi connectivity index (χ4v) is 3.06. The summed E-state index contributed by atoms with van der Waals surface area (Å²) in [5, 5.41) is 0. The number of Topliss-reactive ketones (excluding diaryl/α,β-unsaturated/α-hetero) is 1. The van der Waals surface area contributed by atoms with Crippen LogP contribution in [0.4, 0.5) is 8.78 Å². The van der Waals surface area contributed by atoms with Crippen LogP contribution in [0.3, 0.4) is 0 Å². The molecule has 0 fully saturated rings. The van der Waals surface area contributed by atoms with Gasteiger partial charge in [-0.2, -0.15) is 4.39 Å². The van der Waals surface area contributed by atoms with E-state index in [-0.39, 0.29) is 12.3 Å². The van der Waals surface area contributed by atoms with Crippen LogP contribution in [0.15, 0.2) is 12.1 Å². The normalized spacial score (nSPS) is 15.2. The summed E-state index contributed by atoms with van der Waals surface area (Å²) in [4.78, 5) is 11.5. The lowest BCUT2D eigenvalue weighted by molar-refractivity contribution is -0.679. The zero-order valence-electron chi connectivity index (χ0n) is 11.5. The van der Waals surface area contributed by atoms with Gasteiger partial charge >= 0.3 is 0 Å². The standard InChI is InChI=1S/C15H17F2N2O/c1-10(20)9-19-12-7-6-11(16)14(17)15(12)18-8-4-2-3-5-13(18)19/h6-7H,2-5,8-9H2,1H3/q+1. The molecule has 0 saturated carbocycles. The van der Waals surface area contributed by atoms with E-state index in [1.807, 2.05) is 9.13 Å². The third kappa shape index (κ3) is 2.01. The molecule has 0 N–H and O–H groups in total.